The molecule has 2 aromatic carbocycles. The van der Waals surface area contributed by atoms with Gasteiger partial charge in [0.2, 0.25) is 11.5 Å². The molecule has 5 nitrogen and oxygen atoms in total. The van der Waals surface area contributed by atoms with Crippen molar-refractivity contribution in [2.24, 2.45) is 0 Å². The Labute approximate surface area is 218 Å². The third kappa shape index (κ3) is 3.41. The number of benzene rings is 2. The van der Waals surface area contributed by atoms with Crippen LogP contribution in [0.2, 0.25) is 0 Å². The second-order valence-corrected chi connectivity index (χ2v) is 11.3. The van der Waals surface area contributed by atoms with Crippen LogP contribution in [0.25, 0.3) is 0 Å². The molecule has 0 aromatic heterocycles. The van der Waals surface area contributed by atoms with Crippen LogP contribution < -0.4 is 4.90 Å². The van der Waals surface area contributed by atoms with Gasteiger partial charge in [-0.25, -0.2) is 0 Å². The molecule has 0 atom stereocenters. The second kappa shape index (κ2) is 8.01. The zero-order valence-electron chi connectivity index (χ0n) is 22.6. The fourth-order valence-corrected chi connectivity index (χ4v) is 5.92. The van der Waals surface area contributed by atoms with E-state index in [9.17, 15) is 14.7 Å². The summed E-state index contributed by atoms with van der Waals surface area (Å²) in [5, 5.41) is 11.0. The molecular weight excluding hydrogens is 460 g/mol. The van der Waals surface area contributed by atoms with Crippen molar-refractivity contribution in [3.05, 3.63) is 106 Å². The predicted octanol–water partition coefficient (Wildman–Crippen LogP) is 6.08. The molecule has 37 heavy (non-hydrogen) atoms. The molecule has 0 saturated carbocycles. The van der Waals surface area contributed by atoms with E-state index in [1.165, 1.54) is 5.56 Å². The minimum Gasteiger partial charge on any atom is -0.506 e. The van der Waals surface area contributed by atoms with Gasteiger partial charge in [-0.2, -0.15) is 4.58 Å². The molecule has 0 spiro atoms. The topological polar surface area (TPSA) is 60.6 Å². The summed E-state index contributed by atoms with van der Waals surface area (Å²) in [4.78, 5) is 27.9. The first-order valence-electron chi connectivity index (χ1n) is 12.5. The van der Waals surface area contributed by atoms with Gasteiger partial charge >= 0.3 is 0 Å². The Bertz CT molecular complexity index is 1560. The number of para-hydroxylation sites is 1. The SMILES string of the molecule is C=C(C)C(=O)c1ccc2c(c1)C(C)(C)C(=CC1=C(O)C(=CC3=[N+](C)c4ccccc4C3(C)C)C1=O)N2C. The van der Waals surface area contributed by atoms with Crippen LogP contribution in [-0.4, -0.2) is 41.1 Å². The Morgan fingerprint density at radius 1 is 1.03 bits per heavy atom. The largest absolute Gasteiger partial charge is 0.506 e. The van der Waals surface area contributed by atoms with Crippen molar-refractivity contribution < 1.29 is 19.3 Å². The van der Waals surface area contributed by atoms with Crippen LogP contribution in [0.1, 0.15) is 56.1 Å². The Hall–Kier alpha value is -3.99. The molecule has 188 valence electrons. The maximum absolute atomic E-state index is 13.3. The van der Waals surface area contributed by atoms with Gasteiger partial charge in [0, 0.05) is 47.1 Å². The Morgan fingerprint density at radius 2 is 1.70 bits per heavy atom. The van der Waals surface area contributed by atoms with Gasteiger partial charge in [0.1, 0.15) is 12.8 Å². The number of aliphatic hydroxyl groups excluding tert-OH is 1. The lowest BCUT2D eigenvalue weighted by molar-refractivity contribution is -0.401. The summed E-state index contributed by atoms with van der Waals surface area (Å²) in [6, 6.07) is 13.9. The van der Waals surface area contributed by atoms with Gasteiger partial charge in [-0.1, -0.05) is 38.6 Å². The van der Waals surface area contributed by atoms with Gasteiger partial charge < -0.3 is 10.0 Å². The van der Waals surface area contributed by atoms with Crippen molar-refractivity contribution in [1.29, 1.82) is 0 Å². The zero-order chi connectivity index (χ0) is 27.0. The van der Waals surface area contributed by atoms with E-state index < -0.39 is 5.41 Å². The van der Waals surface area contributed by atoms with Crippen molar-refractivity contribution in [2.75, 3.05) is 19.0 Å². The maximum atomic E-state index is 13.3. The molecule has 5 rings (SSSR count). The van der Waals surface area contributed by atoms with Crippen LogP contribution in [0.15, 0.2) is 89.4 Å². The Morgan fingerprint density at radius 3 is 2.32 bits per heavy atom. The number of ketones is 2. The summed E-state index contributed by atoms with van der Waals surface area (Å²) in [7, 11) is 3.94. The first kappa shape index (κ1) is 24.7. The van der Waals surface area contributed by atoms with Gasteiger partial charge in [0.25, 0.3) is 0 Å². The fraction of sp³-hybridized carbons (Fsp3) is 0.281. The molecule has 1 aliphatic carbocycles. The smallest absolute Gasteiger partial charge is 0.209 e. The highest BCUT2D eigenvalue weighted by Crippen LogP contribution is 2.49. The van der Waals surface area contributed by atoms with Crippen LogP contribution in [0.4, 0.5) is 11.4 Å². The summed E-state index contributed by atoms with van der Waals surface area (Å²) in [6.45, 7) is 13.9. The number of likely N-dealkylation sites (N-methyl/N-ethyl adjacent to an activating group) is 1. The number of anilines is 1. The number of rotatable bonds is 4. The van der Waals surface area contributed by atoms with Crippen LogP contribution in [0.5, 0.6) is 0 Å². The highest BCUT2D eigenvalue weighted by molar-refractivity contribution is 6.24. The summed E-state index contributed by atoms with van der Waals surface area (Å²) in [6.07, 6.45) is 3.62. The van der Waals surface area contributed by atoms with Crippen molar-refractivity contribution in [1.82, 2.24) is 0 Å². The highest BCUT2D eigenvalue weighted by Gasteiger charge is 2.46. The number of carbonyl (C=O) groups excluding carboxylic acids is 2. The average Bonchev–Trinajstić information content (AvgIpc) is 3.17. The summed E-state index contributed by atoms with van der Waals surface area (Å²) in [5.41, 5.74) is 7.10. The van der Waals surface area contributed by atoms with Crippen molar-refractivity contribution in [3.63, 3.8) is 0 Å². The minimum absolute atomic E-state index is 0.0171. The first-order chi connectivity index (χ1) is 17.3. The number of carbonyl (C=O) groups is 2. The number of hydrogen-bond acceptors (Lipinski definition) is 4. The maximum Gasteiger partial charge on any atom is 0.209 e. The lowest BCUT2D eigenvalue weighted by atomic mass is 9.77. The second-order valence-electron chi connectivity index (χ2n) is 11.3. The number of Topliss-reactive ketones (excluding diaryl/α,β-unsaturated/α-hetero) is 2. The summed E-state index contributed by atoms with van der Waals surface area (Å²) < 4.78 is 2.09. The number of allylic oxidation sites excluding steroid dienone is 6. The normalized spacial score (nSPS) is 21.5. The molecule has 0 radical (unpaired) electrons. The number of aliphatic hydroxyl groups is 1. The van der Waals surface area contributed by atoms with Crippen LogP contribution in [-0.2, 0) is 15.6 Å². The third-order valence-electron chi connectivity index (χ3n) is 8.18. The molecule has 2 aromatic rings. The molecular formula is C32H33N2O3+. The number of nitrogens with zero attached hydrogens (tertiary/aromatic N) is 2. The highest BCUT2D eigenvalue weighted by atomic mass is 16.3. The van der Waals surface area contributed by atoms with Gasteiger partial charge in [-0.15, -0.1) is 0 Å². The molecule has 5 heteroatoms. The van der Waals surface area contributed by atoms with E-state index in [0.29, 0.717) is 22.3 Å². The van der Waals surface area contributed by atoms with Crippen molar-refractivity contribution >= 4 is 28.7 Å². The Kier molecular flexibility index (Phi) is 5.34. The molecule has 0 bridgehead atoms. The van der Waals surface area contributed by atoms with Crippen LogP contribution >= 0.6 is 0 Å². The summed E-state index contributed by atoms with van der Waals surface area (Å²) >= 11 is 0. The standard InChI is InChI=1S/C32H32N2O3/c1-18(2)28(35)19-13-14-25-23(15-19)32(5,6)27(34(25)8)17-21-29(36)20(30(21)37)16-26-31(3,4)22-11-9-10-12-24(22)33(26)7/h9-17H,1H2,2-8H3/p+1. The van der Waals surface area contributed by atoms with Gasteiger partial charge in [0.15, 0.2) is 11.5 Å². The lowest BCUT2D eigenvalue weighted by Gasteiger charge is -2.27. The fourth-order valence-electron chi connectivity index (χ4n) is 5.92. The number of fused-ring (bicyclic) bond motifs is 2. The molecule has 2 aliphatic heterocycles. The molecule has 2 heterocycles. The zero-order valence-corrected chi connectivity index (χ0v) is 22.6. The molecule has 0 fully saturated rings. The summed E-state index contributed by atoms with van der Waals surface area (Å²) in [5.74, 6) is -0.234. The van der Waals surface area contributed by atoms with E-state index in [0.717, 1.165) is 28.3 Å². The minimum atomic E-state index is -0.466. The van der Waals surface area contributed by atoms with E-state index >= 15 is 0 Å². The molecule has 0 unspecified atom stereocenters. The monoisotopic (exact) mass is 493 g/mol. The van der Waals surface area contributed by atoms with Crippen LogP contribution in [0.3, 0.4) is 0 Å². The molecule has 0 amide bonds. The molecule has 1 N–H and O–H groups in total. The van der Waals surface area contributed by atoms with E-state index in [4.69, 9.17) is 0 Å². The molecule has 3 aliphatic rings. The number of hydrogen-bond donors (Lipinski definition) is 1. The molecule has 0 saturated heterocycles. The van der Waals surface area contributed by atoms with Crippen molar-refractivity contribution in [3.8, 4) is 0 Å². The van der Waals surface area contributed by atoms with E-state index in [-0.39, 0.29) is 22.7 Å². The first-order valence-corrected chi connectivity index (χ1v) is 12.5. The third-order valence-corrected chi connectivity index (χ3v) is 8.18. The van der Waals surface area contributed by atoms with Crippen molar-refractivity contribution in [2.45, 2.75) is 45.4 Å². The lowest BCUT2D eigenvalue weighted by Crippen LogP contribution is -2.31. The van der Waals surface area contributed by atoms with Gasteiger partial charge in [0.05, 0.1) is 16.6 Å². The van der Waals surface area contributed by atoms with Gasteiger partial charge in [-0.3, -0.25) is 9.59 Å². The van der Waals surface area contributed by atoms with E-state index in [1.54, 1.807) is 13.0 Å². The average molecular weight is 494 g/mol. The van der Waals surface area contributed by atoms with Crippen LogP contribution in [0, 0.1) is 0 Å². The van der Waals surface area contributed by atoms with E-state index in [1.807, 2.05) is 55.4 Å². The van der Waals surface area contributed by atoms with E-state index in [2.05, 4.69) is 51.0 Å². The quantitative estimate of drug-likeness (QED) is 0.318. The van der Waals surface area contributed by atoms with Gasteiger partial charge in [-0.05, 0) is 56.2 Å². The Balaban J connectivity index is 1.53. The predicted molar refractivity (Wildman–Crippen MR) is 148 cm³/mol.